The maximum absolute atomic E-state index is 13.5. The second-order valence-corrected chi connectivity index (χ2v) is 3.29. The molecule has 1 saturated heterocycles. The number of carbonyl (C=O) groups excluding carboxylic acids is 1. The highest BCUT2D eigenvalue weighted by atomic mass is 19.1. The number of benzene rings is 1. The zero-order chi connectivity index (χ0) is 10.1. The molecule has 0 aromatic heterocycles. The lowest BCUT2D eigenvalue weighted by atomic mass is 10.2. The van der Waals surface area contributed by atoms with Crippen molar-refractivity contribution in [1.29, 1.82) is 0 Å². The summed E-state index contributed by atoms with van der Waals surface area (Å²) in [5, 5.41) is 2.64. The number of anilines is 1. The summed E-state index contributed by atoms with van der Waals surface area (Å²) in [6.45, 7) is 2.90. The molecule has 0 unspecified atom stereocenters. The molecule has 0 spiro atoms. The summed E-state index contributed by atoms with van der Waals surface area (Å²) in [6.07, 6.45) is 0. The fraction of sp³-hybridized carbons (Fsp3) is 0.300. The monoisotopic (exact) mass is 194 g/mol. The van der Waals surface area contributed by atoms with Crippen LogP contribution >= 0.6 is 0 Å². The summed E-state index contributed by atoms with van der Waals surface area (Å²) in [4.78, 5) is 12.8. The van der Waals surface area contributed by atoms with Crippen molar-refractivity contribution in [1.82, 2.24) is 5.32 Å². The fourth-order valence-corrected chi connectivity index (χ4v) is 1.65. The van der Waals surface area contributed by atoms with Crippen molar-refractivity contribution in [3.63, 3.8) is 0 Å². The fourth-order valence-electron chi connectivity index (χ4n) is 1.65. The first-order valence-corrected chi connectivity index (χ1v) is 4.50. The van der Waals surface area contributed by atoms with Gasteiger partial charge >= 0.3 is 6.03 Å². The SMILES string of the molecule is Cc1cccc(F)c1N1CCNC1=O. The van der Waals surface area contributed by atoms with E-state index in [1.165, 1.54) is 11.0 Å². The lowest BCUT2D eigenvalue weighted by molar-refractivity contribution is 0.252. The molecule has 2 amide bonds. The van der Waals surface area contributed by atoms with E-state index in [0.29, 0.717) is 18.8 Å². The molecule has 0 bridgehead atoms. The van der Waals surface area contributed by atoms with Gasteiger partial charge in [0.1, 0.15) is 5.82 Å². The van der Waals surface area contributed by atoms with Gasteiger partial charge in [-0.15, -0.1) is 0 Å². The van der Waals surface area contributed by atoms with Crippen molar-refractivity contribution in [3.8, 4) is 0 Å². The Morgan fingerprint density at radius 2 is 2.29 bits per heavy atom. The number of para-hydroxylation sites is 1. The number of aryl methyl sites for hydroxylation is 1. The third-order valence-corrected chi connectivity index (χ3v) is 2.32. The van der Waals surface area contributed by atoms with Gasteiger partial charge in [-0.2, -0.15) is 0 Å². The van der Waals surface area contributed by atoms with E-state index in [9.17, 15) is 9.18 Å². The summed E-state index contributed by atoms with van der Waals surface area (Å²) in [5.74, 6) is -0.345. The molecule has 1 aliphatic rings. The number of rotatable bonds is 1. The van der Waals surface area contributed by atoms with Gasteiger partial charge in [0.25, 0.3) is 0 Å². The molecule has 3 nitrogen and oxygen atoms in total. The molecule has 74 valence electrons. The Balaban J connectivity index is 2.44. The Bertz CT molecular complexity index is 358. The number of halogens is 1. The molecule has 1 fully saturated rings. The first-order chi connectivity index (χ1) is 6.70. The lowest BCUT2D eigenvalue weighted by Gasteiger charge is -2.17. The predicted molar refractivity (Wildman–Crippen MR) is 51.9 cm³/mol. The van der Waals surface area contributed by atoms with Crippen LogP contribution in [0.3, 0.4) is 0 Å². The van der Waals surface area contributed by atoms with Crippen molar-refractivity contribution in [2.45, 2.75) is 6.92 Å². The zero-order valence-corrected chi connectivity index (χ0v) is 7.88. The predicted octanol–water partition coefficient (Wildman–Crippen LogP) is 1.66. The molecule has 1 aromatic carbocycles. The molecule has 1 heterocycles. The molecule has 0 atom stereocenters. The Morgan fingerprint density at radius 1 is 1.50 bits per heavy atom. The molecule has 0 aliphatic carbocycles. The molecule has 14 heavy (non-hydrogen) atoms. The van der Waals surface area contributed by atoms with Crippen molar-refractivity contribution in [3.05, 3.63) is 29.6 Å². The van der Waals surface area contributed by atoms with E-state index in [1.807, 2.05) is 0 Å². The molecule has 4 heteroatoms. The average molecular weight is 194 g/mol. The zero-order valence-electron chi connectivity index (χ0n) is 7.88. The van der Waals surface area contributed by atoms with E-state index in [2.05, 4.69) is 5.32 Å². The maximum Gasteiger partial charge on any atom is 0.322 e. The number of amides is 2. The number of hydrogen-bond donors (Lipinski definition) is 1. The van der Waals surface area contributed by atoms with Gasteiger partial charge in [-0.1, -0.05) is 12.1 Å². The van der Waals surface area contributed by atoms with Crippen LogP contribution in [0, 0.1) is 12.7 Å². The van der Waals surface area contributed by atoms with E-state index in [-0.39, 0.29) is 11.8 Å². The van der Waals surface area contributed by atoms with Crippen LogP contribution in [0.4, 0.5) is 14.9 Å². The van der Waals surface area contributed by atoms with Gasteiger partial charge in [0.2, 0.25) is 0 Å². The Hall–Kier alpha value is -1.58. The van der Waals surface area contributed by atoms with E-state index in [0.717, 1.165) is 5.56 Å². The van der Waals surface area contributed by atoms with Crippen molar-refractivity contribution in [2.75, 3.05) is 18.0 Å². The largest absolute Gasteiger partial charge is 0.336 e. The van der Waals surface area contributed by atoms with Crippen LogP contribution in [0.2, 0.25) is 0 Å². The second kappa shape index (κ2) is 3.29. The number of carbonyl (C=O) groups is 1. The summed E-state index contributed by atoms with van der Waals surface area (Å²) in [6, 6.07) is 4.58. The lowest BCUT2D eigenvalue weighted by Crippen LogP contribution is -2.29. The van der Waals surface area contributed by atoms with E-state index < -0.39 is 0 Å². The van der Waals surface area contributed by atoms with Crippen LogP contribution in [0.25, 0.3) is 0 Å². The summed E-state index contributed by atoms with van der Waals surface area (Å²) in [7, 11) is 0. The maximum atomic E-state index is 13.5. The van der Waals surface area contributed by atoms with E-state index >= 15 is 0 Å². The van der Waals surface area contributed by atoms with Crippen LogP contribution in [0.15, 0.2) is 18.2 Å². The Kier molecular flexibility index (Phi) is 2.11. The minimum Gasteiger partial charge on any atom is -0.336 e. The topological polar surface area (TPSA) is 32.3 Å². The molecule has 1 N–H and O–H groups in total. The number of urea groups is 1. The first-order valence-electron chi connectivity index (χ1n) is 4.50. The summed E-state index contributed by atoms with van der Waals surface area (Å²) >= 11 is 0. The average Bonchev–Trinajstić information content (AvgIpc) is 2.52. The first kappa shape index (κ1) is 8.99. The molecular formula is C10H11FN2O. The van der Waals surface area contributed by atoms with Crippen LogP contribution in [0.5, 0.6) is 0 Å². The van der Waals surface area contributed by atoms with Crippen molar-refractivity contribution in [2.24, 2.45) is 0 Å². The highest BCUT2D eigenvalue weighted by Crippen LogP contribution is 2.24. The van der Waals surface area contributed by atoms with Crippen LogP contribution in [0.1, 0.15) is 5.56 Å². The quantitative estimate of drug-likeness (QED) is 0.724. The van der Waals surface area contributed by atoms with Crippen LogP contribution in [-0.4, -0.2) is 19.1 Å². The van der Waals surface area contributed by atoms with Gasteiger partial charge in [-0.3, -0.25) is 4.90 Å². The summed E-state index contributed by atoms with van der Waals surface area (Å²) < 4.78 is 13.5. The third kappa shape index (κ3) is 1.32. The van der Waals surface area contributed by atoms with Crippen LogP contribution < -0.4 is 10.2 Å². The normalized spacial score (nSPS) is 15.9. The van der Waals surface area contributed by atoms with Crippen LogP contribution in [-0.2, 0) is 0 Å². The van der Waals surface area contributed by atoms with Gasteiger partial charge in [-0.25, -0.2) is 9.18 Å². The Morgan fingerprint density at radius 3 is 2.86 bits per heavy atom. The van der Waals surface area contributed by atoms with Gasteiger partial charge in [0.05, 0.1) is 5.69 Å². The van der Waals surface area contributed by atoms with Crippen molar-refractivity contribution >= 4 is 11.7 Å². The van der Waals surface area contributed by atoms with Gasteiger partial charge in [-0.05, 0) is 18.6 Å². The minimum absolute atomic E-state index is 0.224. The number of nitrogens with one attached hydrogen (secondary N) is 1. The van der Waals surface area contributed by atoms with Crippen molar-refractivity contribution < 1.29 is 9.18 Å². The van der Waals surface area contributed by atoms with Gasteiger partial charge < -0.3 is 5.32 Å². The standard InChI is InChI=1S/C10H11FN2O/c1-7-3-2-4-8(11)9(7)13-6-5-12-10(13)14/h2-4H,5-6H2,1H3,(H,12,14). The third-order valence-electron chi connectivity index (χ3n) is 2.32. The minimum atomic E-state index is -0.345. The second-order valence-electron chi connectivity index (χ2n) is 3.29. The highest BCUT2D eigenvalue weighted by molar-refractivity contribution is 5.94. The van der Waals surface area contributed by atoms with E-state index in [1.54, 1.807) is 19.1 Å². The summed E-state index contributed by atoms with van der Waals surface area (Å²) in [5.41, 5.74) is 1.17. The molecule has 1 aliphatic heterocycles. The van der Waals surface area contributed by atoms with Gasteiger partial charge in [0.15, 0.2) is 0 Å². The highest BCUT2D eigenvalue weighted by Gasteiger charge is 2.24. The smallest absolute Gasteiger partial charge is 0.322 e. The number of hydrogen-bond acceptors (Lipinski definition) is 1. The molecule has 0 radical (unpaired) electrons. The Labute approximate surface area is 81.5 Å². The van der Waals surface area contributed by atoms with E-state index in [4.69, 9.17) is 0 Å². The molecule has 1 aromatic rings. The molecular weight excluding hydrogens is 183 g/mol. The molecule has 2 rings (SSSR count). The van der Waals surface area contributed by atoms with Gasteiger partial charge in [0, 0.05) is 13.1 Å². The number of nitrogens with zero attached hydrogens (tertiary/aromatic N) is 1. The molecule has 0 saturated carbocycles.